The highest BCUT2D eigenvalue weighted by molar-refractivity contribution is 7.18. The van der Waals surface area contributed by atoms with Gasteiger partial charge < -0.3 is 5.73 Å². The van der Waals surface area contributed by atoms with Crippen LogP contribution in [-0.4, -0.2) is 11.5 Å². The molecule has 0 radical (unpaired) electrons. The second-order valence-corrected chi connectivity index (χ2v) is 5.52. The number of nitrogens with two attached hydrogens (primary N) is 1. The summed E-state index contributed by atoms with van der Waals surface area (Å²) in [5.74, 6) is 0.136. The first-order valence-electron chi connectivity index (χ1n) is 6.13. The standard InChI is InChI=1S/C13H15F3N2S/c1-2-3-8(7-17)12-18-10-6-9(13(14,15)16)4-5-11(10)19-12/h4-6,8H,2-3,7,17H2,1H3. The molecule has 19 heavy (non-hydrogen) atoms. The predicted molar refractivity (Wildman–Crippen MR) is 71.3 cm³/mol. The van der Waals surface area contributed by atoms with Gasteiger partial charge in [-0.2, -0.15) is 13.2 Å². The Hall–Kier alpha value is -1.14. The Balaban J connectivity index is 2.40. The molecule has 0 saturated heterocycles. The van der Waals surface area contributed by atoms with Crippen molar-refractivity contribution in [1.29, 1.82) is 0 Å². The third-order valence-corrected chi connectivity index (χ3v) is 4.20. The third kappa shape index (κ3) is 3.06. The molecule has 0 amide bonds. The Morgan fingerprint density at radius 2 is 2.11 bits per heavy atom. The van der Waals surface area contributed by atoms with Crippen molar-refractivity contribution in [1.82, 2.24) is 4.98 Å². The Morgan fingerprint density at radius 3 is 2.68 bits per heavy atom. The molecular weight excluding hydrogens is 273 g/mol. The van der Waals surface area contributed by atoms with Crippen molar-refractivity contribution in [2.24, 2.45) is 5.73 Å². The van der Waals surface area contributed by atoms with E-state index in [4.69, 9.17) is 5.73 Å². The smallest absolute Gasteiger partial charge is 0.330 e. The van der Waals surface area contributed by atoms with E-state index in [9.17, 15) is 13.2 Å². The average Bonchev–Trinajstić information content (AvgIpc) is 2.77. The highest BCUT2D eigenvalue weighted by Crippen LogP contribution is 2.34. The molecule has 0 aliphatic heterocycles. The molecule has 2 rings (SSSR count). The van der Waals surface area contributed by atoms with Crippen LogP contribution < -0.4 is 5.73 Å². The maximum atomic E-state index is 12.6. The number of thiazole rings is 1. The van der Waals surface area contributed by atoms with Crippen LogP contribution in [0.1, 0.15) is 36.3 Å². The molecule has 0 aliphatic carbocycles. The van der Waals surface area contributed by atoms with Crippen LogP contribution in [0.5, 0.6) is 0 Å². The second-order valence-electron chi connectivity index (χ2n) is 4.45. The molecule has 0 fully saturated rings. The molecule has 0 spiro atoms. The lowest BCUT2D eigenvalue weighted by Crippen LogP contribution is -2.11. The van der Waals surface area contributed by atoms with Gasteiger partial charge in [-0.1, -0.05) is 13.3 Å². The molecule has 1 atom stereocenters. The fraction of sp³-hybridized carbons (Fsp3) is 0.462. The van der Waals surface area contributed by atoms with E-state index in [1.807, 2.05) is 0 Å². The second kappa shape index (κ2) is 5.46. The highest BCUT2D eigenvalue weighted by atomic mass is 32.1. The van der Waals surface area contributed by atoms with E-state index >= 15 is 0 Å². The summed E-state index contributed by atoms with van der Waals surface area (Å²) in [6, 6.07) is 3.69. The van der Waals surface area contributed by atoms with Crippen LogP contribution in [0.2, 0.25) is 0 Å². The van der Waals surface area contributed by atoms with Crippen LogP contribution >= 0.6 is 11.3 Å². The Bertz CT molecular complexity index is 563. The maximum absolute atomic E-state index is 12.6. The van der Waals surface area contributed by atoms with Crippen LogP contribution in [0.25, 0.3) is 10.2 Å². The number of aromatic nitrogens is 1. The fourth-order valence-corrected chi connectivity index (χ4v) is 3.08. The van der Waals surface area contributed by atoms with Crippen LogP contribution in [-0.2, 0) is 6.18 Å². The molecule has 104 valence electrons. The van der Waals surface area contributed by atoms with Crippen LogP contribution in [0.3, 0.4) is 0 Å². The molecule has 1 heterocycles. The average molecular weight is 288 g/mol. The summed E-state index contributed by atoms with van der Waals surface area (Å²) in [6.45, 7) is 2.53. The summed E-state index contributed by atoms with van der Waals surface area (Å²) in [5.41, 5.74) is 5.45. The quantitative estimate of drug-likeness (QED) is 0.917. The van der Waals surface area contributed by atoms with Gasteiger partial charge in [0.05, 0.1) is 20.8 Å². The number of nitrogens with zero attached hydrogens (tertiary/aromatic N) is 1. The van der Waals surface area contributed by atoms with Gasteiger partial charge >= 0.3 is 6.18 Å². The lowest BCUT2D eigenvalue weighted by Gasteiger charge is -2.08. The summed E-state index contributed by atoms with van der Waals surface area (Å²) in [5, 5.41) is 0.832. The molecule has 2 N–H and O–H groups in total. The number of fused-ring (bicyclic) bond motifs is 1. The monoisotopic (exact) mass is 288 g/mol. The number of hydrogen-bond acceptors (Lipinski definition) is 3. The van der Waals surface area contributed by atoms with Crippen molar-refractivity contribution in [2.75, 3.05) is 6.54 Å². The number of rotatable bonds is 4. The molecule has 2 aromatic rings. The molecule has 0 saturated carbocycles. The molecular formula is C13H15F3N2S. The maximum Gasteiger partial charge on any atom is 0.416 e. The van der Waals surface area contributed by atoms with Gasteiger partial charge in [-0.3, -0.25) is 0 Å². The van der Waals surface area contributed by atoms with E-state index < -0.39 is 11.7 Å². The molecule has 1 aromatic heterocycles. The molecule has 0 bridgehead atoms. The Morgan fingerprint density at radius 1 is 1.37 bits per heavy atom. The van der Waals surface area contributed by atoms with Gasteiger partial charge in [0.25, 0.3) is 0 Å². The van der Waals surface area contributed by atoms with Gasteiger partial charge in [0.15, 0.2) is 0 Å². The van der Waals surface area contributed by atoms with Crippen molar-refractivity contribution in [2.45, 2.75) is 31.9 Å². The lowest BCUT2D eigenvalue weighted by molar-refractivity contribution is -0.137. The Kier molecular flexibility index (Phi) is 4.10. The molecule has 6 heteroatoms. The van der Waals surface area contributed by atoms with Crippen molar-refractivity contribution in [3.63, 3.8) is 0 Å². The zero-order valence-electron chi connectivity index (χ0n) is 10.5. The minimum atomic E-state index is -4.32. The molecule has 0 aliphatic rings. The SMILES string of the molecule is CCCC(CN)c1nc2cc(C(F)(F)F)ccc2s1. The topological polar surface area (TPSA) is 38.9 Å². The van der Waals surface area contributed by atoms with E-state index in [1.54, 1.807) is 0 Å². The number of benzene rings is 1. The molecule has 2 nitrogen and oxygen atoms in total. The highest BCUT2D eigenvalue weighted by Gasteiger charge is 2.30. The van der Waals surface area contributed by atoms with Crippen LogP contribution in [0.15, 0.2) is 18.2 Å². The number of hydrogen-bond donors (Lipinski definition) is 1. The van der Waals surface area contributed by atoms with Gasteiger partial charge in [-0.25, -0.2) is 4.98 Å². The summed E-state index contributed by atoms with van der Waals surface area (Å²) in [6.07, 6.45) is -2.44. The lowest BCUT2D eigenvalue weighted by atomic mass is 10.1. The summed E-state index contributed by atoms with van der Waals surface area (Å²) in [4.78, 5) is 4.32. The predicted octanol–water partition coefficient (Wildman–Crippen LogP) is 4.16. The van der Waals surface area contributed by atoms with Gasteiger partial charge in [0.2, 0.25) is 0 Å². The normalized spacial score (nSPS) is 13.9. The van der Waals surface area contributed by atoms with Crippen molar-refractivity contribution < 1.29 is 13.2 Å². The van der Waals surface area contributed by atoms with E-state index in [1.165, 1.54) is 17.4 Å². The largest absolute Gasteiger partial charge is 0.416 e. The zero-order chi connectivity index (χ0) is 14.0. The van der Waals surface area contributed by atoms with E-state index in [0.717, 1.165) is 34.7 Å². The van der Waals surface area contributed by atoms with Gasteiger partial charge in [0, 0.05) is 12.5 Å². The number of alkyl halides is 3. The van der Waals surface area contributed by atoms with E-state index in [2.05, 4.69) is 11.9 Å². The first kappa shape index (κ1) is 14.3. The van der Waals surface area contributed by atoms with Crippen LogP contribution in [0, 0.1) is 0 Å². The van der Waals surface area contributed by atoms with Gasteiger partial charge in [0.1, 0.15) is 0 Å². The Labute approximate surface area is 113 Å². The van der Waals surface area contributed by atoms with Crippen LogP contribution in [0.4, 0.5) is 13.2 Å². The van der Waals surface area contributed by atoms with E-state index in [-0.39, 0.29) is 5.92 Å². The minimum absolute atomic E-state index is 0.136. The molecule has 1 unspecified atom stereocenters. The van der Waals surface area contributed by atoms with E-state index in [0.29, 0.717) is 12.1 Å². The third-order valence-electron chi connectivity index (χ3n) is 3.00. The van der Waals surface area contributed by atoms with Crippen molar-refractivity contribution in [3.05, 3.63) is 28.8 Å². The van der Waals surface area contributed by atoms with Gasteiger partial charge in [-0.15, -0.1) is 11.3 Å². The molecule has 1 aromatic carbocycles. The fourth-order valence-electron chi connectivity index (χ4n) is 1.99. The minimum Gasteiger partial charge on any atom is -0.330 e. The van der Waals surface area contributed by atoms with Gasteiger partial charge in [-0.05, 0) is 24.6 Å². The first-order chi connectivity index (χ1) is 8.95. The number of halogens is 3. The summed E-state index contributed by atoms with van der Waals surface area (Å²) < 4.78 is 38.6. The zero-order valence-corrected chi connectivity index (χ0v) is 11.3. The summed E-state index contributed by atoms with van der Waals surface area (Å²) in [7, 11) is 0. The first-order valence-corrected chi connectivity index (χ1v) is 6.95. The summed E-state index contributed by atoms with van der Waals surface area (Å²) >= 11 is 1.43. The van der Waals surface area contributed by atoms with Crippen molar-refractivity contribution >= 4 is 21.6 Å². The van der Waals surface area contributed by atoms with Crippen molar-refractivity contribution in [3.8, 4) is 0 Å².